The predicted molar refractivity (Wildman–Crippen MR) is 119 cm³/mol. The molecule has 2 heterocycles. The highest BCUT2D eigenvalue weighted by atomic mass is 32.2. The number of likely N-dealkylation sites (tertiary alicyclic amines) is 1. The lowest BCUT2D eigenvalue weighted by Gasteiger charge is -2.44. The second-order valence-electron chi connectivity index (χ2n) is 7.63. The van der Waals surface area contributed by atoms with Crippen LogP contribution in [0.2, 0.25) is 0 Å². The number of hydrogen-bond donors (Lipinski definition) is 0. The third kappa shape index (κ3) is 3.51. The van der Waals surface area contributed by atoms with Crippen LogP contribution >= 0.6 is 11.8 Å². The van der Waals surface area contributed by atoms with E-state index in [1.54, 1.807) is 44.2 Å². The van der Waals surface area contributed by atoms with Crippen molar-refractivity contribution in [3.63, 3.8) is 0 Å². The molecule has 2 saturated heterocycles. The number of anilines is 1. The van der Waals surface area contributed by atoms with E-state index in [1.807, 2.05) is 34.9 Å². The standard InChI is InChI=1S/C23H26N2O4S/c1-16-6-4-7-17(14-16)25-20(26)15-30-23(25)10-12-24(13-11-23)22(27)21-18(28-2)8-5-9-19(21)29-3/h4-9,14H,10-13,15H2,1-3H3. The van der Waals surface area contributed by atoms with Crippen LogP contribution in [0.15, 0.2) is 42.5 Å². The average molecular weight is 427 g/mol. The second kappa shape index (κ2) is 8.22. The molecule has 0 unspecified atom stereocenters. The Labute approximate surface area is 181 Å². The van der Waals surface area contributed by atoms with Gasteiger partial charge in [0.2, 0.25) is 5.91 Å². The molecule has 2 fully saturated rings. The Bertz CT molecular complexity index is 947. The molecule has 2 amide bonds. The largest absolute Gasteiger partial charge is 0.496 e. The molecule has 4 rings (SSSR count). The molecular formula is C23H26N2O4S. The van der Waals surface area contributed by atoms with Gasteiger partial charge in [-0.1, -0.05) is 18.2 Å². The molecule has 1 spiro atoms. The predicted octanol–water partition coefficient (Wildman–Crippen LogP) is 3.72. The minimum absolute atomic E-state index is 0.101. The van der Waals surface area contributed by atoms with Crippen molar-refractivity contribution in [3.05, 3.63) is 53.6 Å². The third-order valence-electron chi connectivity index (χ3n) is 5.85. The van der Waals surface area contributed by atoms with Gasteiger partial charge in [-0.25, -0.2) is 0 Å². The van der Waals surface area contributed by atoms with E-state index in [1.165, 1.54) is 0 Å². The summed E-state index contributed by atoms with van der Waals surface area (Å²) in [5, 5.41) is 0. The van der Waals surface area contributed by atoms with E-state index >= 15 is 0 Å². The van der Waals surface area contributed by atoms with Crippen molar-refractivity contribution < 1.29 is 19.1 Å². The molecule has 0 radical (unpaired) electrons. The molecule has 2 aliphatic rings. The smallest absolute Gasteiger partial charge is 0.261 e. The van der Waals surface area contributed by atoms with Crippen LogP contribution in [-0.4, -0.2) is 54.6 Å². The molecule has 7 heteroatoms. The lowest BCUT2D eigenvalue weighted by molar-refractivity contribution is -0.116. The van der Waals surface area contributed by atoms with Gasteiger partial charge in [0.25, 0.3) is 5.91 Å². The molecular weight excluding hydrogens is 400 g/mol. The molecule has 6 nitrogen and oxygen atoms in total. The van der Waals surface area contributed by atoms with Crippen molar-refractivity contribution in [2.75, 3.05) is 38.0 Å². The maximum absolute atomic E-state index is 13.3. The molecule has 0 N–H and O–H groups in total. The third-order valence-corrected chi connectivity index (χ3v) is 7.37. The quantitative estimate of drug-likeness (QED) is 0.746. The number of rotatable bonds is 4. The summed E-state index contributed by atoms with van der Waals surface area (Å²) in [4.78, 5) is 29.5. The monoisotopic (exact) mass is 426 g/mol. The number of hydrogen-bond acceptors (Lipinski definition) is 5. The Kier molecular flexibility index (Phi) is 5.64. The highest BCUT2D eigenvalue weighted by Gasteiger charge is 2.49. The molecule has 158 valence electrons. The van der Waals surface area contributed by atoms with Gasteiger partial charge in [0.1, 0.15) is 17.1 Å². The van der Waals surface area contributed by atoms with Gasteiger partial charge < -0.3 is 14.4 Å². The first-order valence-electron chi connectivity index (χ1n) is 10.0. The Morgan fingerprint density at radius 1 is 1.03 bits per heavy atom. The summed E-state index contributed by atoms with van der Waals surface area (Å²) in [5.74, 6) is 1.52. The van der Waals surface area contributed by atoms with Crippen LogP contribution < -0.4 is 14.4 Å². The highest BCUT2D eigenvalue weighted by molar-refractivity contribution is 8.02. The molecule has 0 aromatic heterocycles. The zero-order valence-corrected chi connectivity index (χ0v) is 18.3. The van der Waals surface area contributed by atoms with E-state index in [0.29, 0.717) is 35.9 Å². The number of methoxy groups -OCH3 is 2. The van der Waals surface area contributed by atoms with Gasteiger partial charge in [-0.3, -0.25) is 14.5 Å². The number of amides is 2. The van der Waals surface area contributed by atoms with Gasteiger partial charge in [-0.05, 0) is 49.6 Å². The van der Waals surface area contributed by atoms with Gasteiger partial charge in [0.05, 0.1) is 24.8 Å². The molecule has 2 aromatic carbocycles. The topological polar surface area (TPSA) is 59.1 Å². The fourth-order valence-corrected chi connectivity index (χ4v) is 5.67. The number of nitrogens with zero attached hydrogens (tertiary/aromatic N) is 2. The summed E-state index contributed by atoms with van der Waals surface area (Å²) in [6, 6.07) is 13.4. The van der Waals surface area contributed by atoms with E-state index in [4.69, 9.17) is 9.47 Å². The highest BCUT2D eigenvalue weighted by Crippen LogP contribution is 2.47. The lowest BCUT2D eigenvalue weighted by atomic mass is 9.99. The molecule has 0 atom stereocenters. The van der Waals surface area contributed by atoms with Gasteiger partial charge in [0, 0.05) is 18.8 Å². The number of benzene rings is 2. The van der Waals surface area contributed by atoms with Crippen LogP contribution in [0.5, 0.6) is 11.5 Å². The number of aryl methyl sites for hydroxylation is 1. The Balaban J connectivity index is 1.56. The van der Waals surface area contributed by atoms with Crippen LogP contribution in [0.25, 0.3) is 0 Å². The molecule has 0 aliphatic carbocycles. The van der Waals surface area contributed by atoms with Crippen molar-refractivity contribution in [3.8, 4) is 11.5 Å². The van der Waals surface area contributed by atoms with Gasteiger partial charge in [-0.2, -0.15) is 0 Å². The summed E-state index contributed by atoms with van der Waals surface area (Å²) in [5.41, 5.74) is 2.52. The summed E-state index contributed by atoms with van der Waals surface area (Å²) >= 11 is 1.70. The van der Waals surface area contributed by atoms with Crippen molar-refractivity contribution in [2.45, 2.75) is 24.6 Å². The van der Waals surface area contributed by atoms with E-state index in [2.05, 4.69) is 6.07 Å². The Morgan fingerprint density at radius 3 is 2.27 bits per heavy atom. The minimum atomic E-state index is -0.299. The SMILES string of the molecule is COc1cccc(OC)c1C(=O)N1CCC2(CC1)SCC(=O)N2c1cccc(C)c1. The zero-order valence-electron chi connectivity index (χ0n) is 17.5. The van der Waals surface area contributed by atoms with Crippen LogP contribution in [-0.2, 0) is 4.79 Å². The second-order valence-corrected chi connectivity index (χ2v) is 8.97. The van der Waals surface area contributed by atoms with Gasteiger partial charge in [0.15, 0.2) is 0 Å². The molecule has 30 heavy (non-hydrogen) atoms. The fourth-order valence-electron chi connectivity index (χ4n) is 4.35. The van der Waals surface area contributed by atoms with E-state index < -0.39 is 0 Å². The van der Waals surface area contributed by atoms with Crippen LogP contribution in [0.1, 0.15) is 28.8 Å². The van der Waals surface area contributed by atoms with E-state index in [-0.39, 0.29) is 16.7 Å². The molecule has 0 saturated carbocycles. The number of carbonyl (C=O) groups excluding carboxylic acids is 2. The summed E-state index contributed by atoms with van der Waals surface area (Å²) in [6.07, 6.45) is 1.45. The molecule has 2 aliphatic heterocycles. The summed E-state index contributed by atoms with van der Waals surface area (Å²) < 4.78 is 10.8. The number of piperidine rings is 1. The van der Waals surface area contributed by atoms with Crippen LogP contribution in [0.3, 0.4) is 0 Å². The summed E-state index contributed by atoms with van der Waals surface area (Å²) in [6.45, 7) is 3.18. The fraction of sp³-hybridized carbons (Fsp3) is 0.391. The molecule has 2 aromatic rings. The number of thioether (sulfide) groups is 1. The van der Waals surface area contributed by atoms with Gasteiger partial charge in [-0.15, -0.1) is 11.8 Å². The number of carbonyl (C=O) groups is 2. The first kappa shape index (κ1) is 20.6. The van der Waals surface area contributed by atoms with E-state index in [0.717, 1.165) is 24.1 Å². The molecule has 0 bridgehead atoms. The van der Waals surface area contributed by atoms with Crippen molar-refractivity contribution >= 4 is 29.3 Å². The zero-order chi connectivity index (χ0) is 21.3. The maximum atomic E-state index is 13.3. The van der Waals surface area contributed by atoms with Crippen molar-refractivity contribution in [2.24, 2.45) is 0 Å². The maximum Gasteiger partial charge on any atom is 0.261 e. The summed E-state index contributed by atoms with van der Waals surface area (Å²) in [7, 11) is 3.11. The first-order valence-corrected chi connectivity index (χ1v) is 11.0. The van der Waals surface area contributed by atoms with Gasteiger partial charge >= 0.3 is 0 Å². The van der Waals surface area contributed by atoms with Crippen LogP contribution in [0.4, 0.5) is 5.69 Å². The Hall–Kier alpha value is -2.67. The van der Waals surface area contributed by atoms with E-state index in [9.17, 15) is 9.59 Å². The average Bonchev–Trinajstić information content (AvgIpc) is 3.08. The number of ether oxygens (including phenoxy) is 2. The first-order chi connectivity index (χ1) is 14.5. The lowest BCUT2D eigenvalue weighted by Crippen LogP contribution is -2.53. The van der Waals surface area contributed by atoms with Crippen LogP contribution in [0, 0.1) is 6.92 Å². The minimum Gasteiger partial charge on any atom is -0.496 e. The normalized spacial score (nSPS) is 18.0. The van der Waals surface area contributed by atoms with Crippen molar-refractivity contribution in [1.29, 1.82) is 0 Å². The Morgan fingerprint density at radius 2 is 1.67 bits per heavy atom. The van der Waals surface area contributed by atoms with Crippen molar-refractivity contribution in [1.82, 2.24) is 4.90 Å².